The Balaban J connectivity index is 3.61. The summed E-state index contributed by atoms with van der Waals surface area (Å²) >= 11 is 0. The van der Waals surface area contributed by atoms with Gasteiger partial charge in [0.15, 0.2) is 0 Å². The quantitative estimate of drug-likeness (QED) is 0.590. The van der Waals surface area contributed by atoms with Crippen LogP contribution >= 0.6 is 0 Å². The Bertz CT molecular complexity index is 147. The van der Waals surface area contributed by atoms with Crippen molar-refractivity contribution in [2.45, 2.75) is 31.8 Å². The van der Waals surface area contributed by atoms with Crippen LogP contribution in [0.25, 0.3) is 0 Å². The molecule has 0 spiro atoms. The SMILES string of the molecule is CC(CCC(N)C(N)=O)N(C)C. The summed E-state index contributed by atoms with van der Waals surface area (Å²) in [5, 5.41) is 0. The molecule has 0 aliphatic heterocycles. The second-order valence-corrected chi connectivity index (χ2v) is 3.40. The number of carbonyl (C=O) groups excluding carboxylic acids is 1. The molecule has 0 bridgehead atoms. The van der Waals surface area contributed by atoms with E-state index in [9.17, 15) is 4.79 Å². The highest BCUT2D eigenvalue weighted by Gasteiger charge is 2.11. The fraction of sp³-hybridized carbons (Fsp3) is 0.875. The van der Waals surface area contributed by atoms with Crippen molar-refractivity contribution in [3.05, 3.63) is 0 Å². The number of nitrogens with two attached hydrogens (primary N) is 2. The molecule has 0 aliphatic carbocycles. The Hall–Kier alpha value is -0.610. The molecule has 0 aromatic rings. The first-order valence-corrected chi connectivity index (χ1v) is 4.16. The maximum atomic E-state index is 10.6. The first kappa shape index (κ1) is 11.4. The van der Waals surface area contributed by atoms with Crippen LogP contribution in [0.2, 0.25) is 0 Å². The number of amides is 1. The lowest BCUT2D eigenvalue weighted by molar-refractivity contribution is -0.119. The minimum atomic E-state index is -0.493. The molecule has 12 heavy (non-hydrogen) atoms. The first-order chi connectivity index (χ1) is 5.45. The van der Waals surface area contributed by atoms with E-state index in [1.807, 2.05) is 14.1 Å². The van der Waals surface area contributed by atoms with Crippen LogP contribution in [0, 0.1) is 0 Å². The number of hydrogen-bond acceptors (Lipinski definition) is 3. The Morgan fingerprint density at radius 1 is 1.42 bits per heavy atom. The minimum Gasteiger partial charge on any atom is -0.368 e. The molecule has 72 valence electrons. The molecule has 0 saturated heterocycles. The van der Waals surface area contributed by atoms with Gasteiger partial charge in [0.2, 0.25) is 5.91 Å². The van der Waals surface area contributed by atoms with Gasteiger partial charge in [0.05, 0.1) is 6.04 Å². The molecule has 4 heteroatoms. The van der Waals surface area contributed by atoms with Gasteiger partial charge in [-0.2, -0.15) is 0 Å². The van der Waals surface area contributed by atoms with Crippen LogP contribution in [0.1, 0.15) is 19.8 Å². The van der Waals surface area contributed by atoms with Gasteiger partial charge in [-0.15, -0.1) is 0 Å². The third kappa shape index (κ3) is 4.31. The molecular formula is C8H19N3O. The van der Waals surface area contributed by atoms with E-state index in [4.69, 9.17) is 11.5 Å². The van der Waals surface area contributed by atoms with Crippen molar-refractivity contribution in [1.29, 1.82) is 0 Å². The average Bonchev–Trinajstić information content (AvgIpc) is 1.98. The van der Waals surface area contributed by atoms with Crippen molar-refractivity contribution in [2.24, 2.45) is 11.5 Å². The predicted octanol–water partition coefficient (Wildman–Crippen LogP) is -0.471. The third-order valence-corrected chi connectivity index (χ3v) is 2.14. The van der Waals surface area contributed by atoms with E-state index in [0.29, 0.717) is 12.5 Å². The normalized spacial score (nSPS) is 16.1. The minimum absolute atomic E-state index is 0.416. The van der Waals surface area contributed by atoms with Crippen LogP contribution < -0.4 is 11.5 Å². The molecule has 0 fully saturated rings. The summed E-state index contributed by atoms with van der Waals surface area (Å²) in [7, 11) is 4.00. The van der Waals surface area contributed by atoms with Crippen LogP contribution in [-0.4, -0.2) is 37.0 Å². The molecule has 0 aromatic heterocycles. The van der Waals surface area contributed by atoms with E-state index in [-0.39, 0.29) is 0 Å². The second-order valence-electron chi connectivity index (χ2n) is 3.40. The first-order valence-electron chi connectivity index (χ1n) is 4.16. The van der Waals surface area contributed by atoms with Gasteiger partial charge in [0, 0.05) is 6.04 Å². The summed E-state index contributed by atoms with van der Waals surface area (Å²) in [5.74, 6) is -0.416. The smallest absolute Gasteiger partial charge is 0.234 e. The second kappa shape index (κ2) is 5.11. The Morgan fingerprint density at radius 2 is 1.92 bits per heavy atom. The van der Waals surface area contributed by atoms with E-state index in [0.717, 1.165) is 6.42 Å². The highest BCUT2D eigenvalue weighted by Crippen LogP contribution is 2.03. The van der Waals surface area contributed by atoms with Gasteiger partial charge in [-0.3, -0.25) is 4.79 Å². The lowest BCUT2D eigenvalue weighted by Gasteiger charge is -2.20. The summed E-state index contributed by atoms with van der Waals surface area (Å²) in [5.41, 5.74) is 10.5. The van der Waals surface area contributed by atoms with Crippen molar-refractivity contribution in [3.63, 3.8) is 0 Å². The largest absolute Gasteiger partial charge is 0.368 e. The van der Waals surface area contributed by atoms with Gasteiger partial charge in [0.1, 0.15) is 0 Å². The Labute approximate surface area is 73.9 Å². The van der Waals surface area contributed by atoms with E-state index in [1.54, 1.807) is 0 Å². The zero-order chi connectivity index (χ0) is 9.72. The molecule has 4 nitrogen and oxygen atoms in total. The fourth-order valence-corrected chi connectivity index (χ4v) is 0.821. The van der Waals surface area contributed by atoms with Gasteiger partial charge >= 0.3 is 0 Å². The maximum absolute atomic E-state index is 10.6. The summed E-state index contributed by atoms with van der Waals surface area (Å²) in [4.78, 5) is 12.7. The maximum Gasteiger partial charge on any atom is 0.234 e. The zero-order valence-corrected chi connectivity index (χ0v) is 8.08. The Morgan fingerprint density at radius 3 is 2.25 bits per heavy atom. The van der Waals surface area contributed by atoms with E-state index in [2.05, 4.69) is 11.8 Å². The van der Waals surface area contributed by atoms with Crippen molar-refractivity contribution in [3.8, 4) is 0 Å². The molecule has 0 aromatic carbocycles. The fourth-order valence-electron chi connectivity index (χ4n) is 0.821. The number of rotatable bonds is 5. The number of primary amides is 1. The van der Waals surface area contributed by atoms with Crippen molar-refractivity contribution >= 4 is 5.91 Å². The molecule has 2 atom stereocenters. The summed E-state index contributed by atoms with van der Waals surface area (Å²) in [6.45, 7) is 2.09. The van der Waals surface area contributed by atoms with E-state index >= 15 is 0 Å². The molecule has 0 aliphatic rings. The molecule has 4 N–H and O–H groups in total. The Kier molecular flexibility index (Phi) is 4.85. The predicted molar refractivity (Wildman–Crippen MR) is 49.6 cm³/mol. The molecule has 0 saturated carbocycles. The molecule has 0 radical (unpaired) electrons. The molecule has 0 rings (SSSR count). The number of carbonyl (C=O) groups is 1. The standard InChI is InChI=1S/C8H19N3O/c1-6(11(2)3)4-5-7(9)8(10)12/h6-7H,4-5,9H2,1-3H3,(H2,10,12). The topological polar surface area (TPSA) is 72.3 Å². The van der Waals surface area contributed by atoms with Gasteiger partial charge in [0.25, 0.3) is 0 Å². The number of nitrogens with zero attached hydrogens (tertiary/aromatic N) is 1. The highest BCUT2D eigenvalue weighted by atomic mass is 16.1. The molecule has 1 amide bonds. The van der Waals surface area contributed by atoms with Crippen molar-refractivity contribution in [2.75, 3.05) is 14.1 Å². The van der Waals surface area contributed by atoms with E-state index < -0.39 is 11.9 Å². The molecule has 2 unspecified atom stereocenters. The summed E-state index contributed by atoms with van der Waals surface area (Å²) in [6, 6.07) is -0.0530. The van der Waals surface area contributed by atoms with E-state index in [1.165, 1.54) is 0 Å². The van der Waals surface area contributed by atoms with Gasteiger partial charge in [-0.05, 0) is 33.9 Å². The van der Waals surface area contributed by atoms with Crippen LogP contribution in [-0.2, 0) is 4.79 Å². The summed E-state index contributed by atoms with van der Waals surface area (Å²) in [6.07, 6.45) is 1.56. The average molecular weight is 173 g/mol. The van der Waals surface area contributed by atoms with Gasteiger partial charge < -0.3 is 16.4 Å². The lowest BCUT2D eigenvalue weighted by atomic mass is 10.1. The molecule has 0 heterocycles. The highest BCUT2D eigenvalue weighted by molar-refractivity contribution is 5.79. The van der Waals surface area contributed by atoms with Crippen LogP contribution in [0.4, 0.5) is 0 Å². The van der Waals surface area contributed by atoms with Crippen LogP contribution in [0.3, 0.4) is 0 Å². The van der Waals surface area contributed by atoms with Gasteiger partial charge in [-0.1, -0.05) is 0 Å². The molecular weight excluding hydrogens is 154 g/mol. The van der Waals surface area contributed by atoms with Crippen molar-refractivity contribution < 1.29 is 4.79 Å². The van der Waals surface area contributed by atoms with Gasteiger partial charge in [-0.25, -0.2) is 0 Å². The summed E-state index contributed by atoms with van der Waals surface area (Å²) < 4.78 is 0. The lowest BCUT2D eigenvalue weighted by Crippen LogP contribution is -2.37. The van der Waals surface area contributed by atoms with Crippen LogP contribution in [0.15, 0.2) is 0 Å². The van der Waals surface area contributed by atoms with Crippen molar-refractivity contribution in [1.82, 2.24) is 4.90 Å². The monoisotopic (exact) mass is 173 g/mol. The zero-order valence-electron chi connectivity index (χ0n) is 8.08. The number of hydrogen-bond donors (Lipinski definition) is 2. The van der Waals surface area contributed by atoms with Crippen LogP contribution in [0.5, 0.6) is 0 Å². The third-order valence-electron chi connectivity index (χ3n) is 2.14.